The van der Waals surface area contributed by atoms with E-state index in [9.17, 15) is 9.90 Å². The fraction of sp³-hybridized carbons (Fsp3) is 0.235. The number of ketones is 1. The summed E-state index contributed by atoms with van der Waals surface area (Å²) in [5.74, 6) is 0.118. The monoisotopic (exact) mass is 269 g/mol. The molecule has 20 heavy (non-hydrogen) atoms. The average molecular weight is 269 g/mol. The van der Waals surface area contributed by atoms with Crippen LogP contribution in [-0.2, 0) is 0 Å². The molecule has 104 valence electrons. The maximum Gasteiger partial charge on any atom is 0.164 e. The molecule has 0 aliphatic carbocycles. The zero-order valence-corrected chi connectivity index (χ0v) is 11.3. The van der Waals surface area contributed by atoms with Crippen LogP contribution >= 0.6 is 0 Å². The van der Waals surface area contributed by atoms with Crippen LogP contribution < -0.4 is 5.32 Å². The standard InChI is InChI=1S/C17H19NO2/c19-16(14-7-3-1-4-8-14)11-12-18-13-17(20)15-9-5-2-6-10-15/h1-10,17-18,20H,11-13H2. The first-order chi connectivity index (χ1) is 9.77. The molecule has 0 bridgehead atoms. The van der Waals surface area contributed by atoms with Gasteiger partial charge in [-0.1, -0.05) is 60.7 Å². The third-order valence-corrected chi connectivity index (χ3v) is 3.15. The van der Waals surface area contributed by atoms with Gasteiger partial charge in [-0.05, 0) is 5.56 Å². The lowest BCUT2D eigenvalue weighted by Crippen LogP contribution is -2.24. The number of carbonyl (C=O) groups excluding carboxylic acids is 1. The summed E-state index contributed by atoms with van der Waals surface area (Å²) in [6.45, 7) is 1.02. The quantitative estimate of drug-likeness (QED) is 0.600. The van der Waals surface area contributed by atoms with Gasteiger partial charge in [-0.15, -0.1) is 0 Å². The minimum absolute atomic E-state index is 0.118. The average Bonchev–Trinajstić information content (AvgIpc) is 2.53. The number of rotatable bonds is 7. The van der Waals surface area contributed by atoms with Crippen molar-refractivity contribution in [2.24, 2.45) is 0 Å². The molecule has 1 unspecified atom stereocenters. The number of nitrogens with one attached hydrogen (secondary N) is 1. The van der Waals surface area contributed by atoms with E-state index in [2.05, 4.69) is 5.32 Å². The van der Waals surface area contributed by atoms with Gasteiger partial charge in [-0.2, -0.15) is 0 Å². The molecule has 0 saturated heterocycles. The Labute approximate surface area is 119 Å². The van der Waals surface area contributed by atoms with E-state index in [1.807, 2.05) is 60.7 Å². The van der Waals surface area contributed by atoms with Crippen molar-refractivity contribution >= 4 is 5.78 Å². The summed E-state index contributed by atoms with van der Waals surface area (Å²) < 4.78 is 0. The van der Waals surface area contributed by atoms with E-state index in [4.69, 9.17) is 0 Å². The number of aliphatic hydroxyl groups excluding tert-OH is 1. The van der Waals surface area contributed by atoms with Crippen LogP contribution in [0.5, 0.6) is 0 Å². The molecule has 2 aromatic rings. The number of benzene rings is 2. The molecule has 0 heterocycles. The Bertz CT molecular complexity index is 525. The first-order valence-corrected chi connectivity index (χ1v) is 6.79. The van der Waals surface area contributed by atoms with Crippen molar-refractivity contribution in [1.29, 1.82) is 0 Å². The van der Waals surface area contributed by atoms with Gasteiger partial charge in [-0.3, -0.25) is 4.79 Å². The summed E-state index contributed by atoms with van der Waals surface area (Å²) in [5.41, 5.74) is 1.62. The minimum Gasteiger partial charge on any atom is -0.387 e. The van der Waals surface area contributed by atoms with E-state index in [0.29, 0.717) is 19.5 Å². The second-order valence-corrected chi connectivity index (χ2v) is 4.67. The first kappa shape index (κ1) is 14.4. The van der Waals surface area contributed by atoms with Crippen molar-refractivity contribution in [2.75, 3.05) is 13.1 Å². The lowest BCUT2D eigenvalue weighted by atomic mass is 10.1. The van der Waals surface area contributed by atoms with E-state index in [1.54, 1.807) is 0 Å². The van der Waals surface area contributed by atoms with Gasteiger partial charge in [0.05, 0.1) is 6.10 Å². The third-order valence-electron chi connectivity index (χ3n) is 3.15. The molecule has 0 aromatic heterocycles. The zero-order valence-electron chi connectivity index (χ0n) is 11.3. The maximum atomic E-state index is 11.9. The van der Waals surface area contributed by atoms with E-state index < -0.39 is 6.10 Å². The van der Waals surface area contributed by atoms with Gasteiger partial charge in [0, 0.05) is 25.1 Å². The van der Waals surface area contributed by atoms with Crippen molar-refractivity contribution in [2.45, 2.75) is 12.5 Å². The summed E-state index contributed by atoms with van der Waals surface area (Å²) in [7, 11) is 0. The Morgan fingerprint density at radius 2 is 1.60 bits per heavy atom. The molecular weight excluding hydrogens is 250 g/mol. The molecule has 2 N–H and O–H groups in total. The molecule has 0 radical (unpaired) electrons. The second kappa shape index (κ2) is 7.58. The highest BCUT2D eigenvalue weighted by Gasteiger charge is 2.07. The lowest BCUT2D eigenvalue weighted by Gasteiger charge is -2.11. The van der Waals surface area contributed by atoms with E-state index in [1.165, 1.54) is 0 Å². The molecule has 2 aromatic carbocycles. The molecule has 2 rings (SSSR count). The first-order valence-electron chi connectivity index (χ1n) is 6.79. The largest absolute Gasteiger partial charge is 0.387 e. The summed E-state index contributed by atoms with van der Waals surface area (Å²) in [6, 6.07) is 18.8. The van der Waals surface area contributed by atoms with Crippen LogP contribution in [-0.4, -0.2) is 24.0 Å². The van der Waals surface area contributed by atoms with E-state index in [0.717, 1.165) is 11.1 Å². The summed E-state index contributed by atoms with van der Waals surface area (Å²) in [4.78, 5) is 11.9. The number of aliphatic hydroxyl groups is 1. The maximum absolute atomic E-state index is 11.9. The zero-order chi connectivity index (χ0) is 14.2. The number of Topliss-reactive ketones (excluding diaryl/α,β-unsaturated/α-hetero) is 1. The molecule has 0 saturated carbocycles. The molecule has 3 heteroatoms. The van der Waals surface area contributed by atoms with Crippen molar-refractivity contribution in [3.8, 4) is 0 Å². The normalized spacial score (nSPS) is 12.1. The number of hydrogen-bond acceptors (Lipinski definition) is 3. The van der Waals surface area contributed by atoms with Gasteiger partial charge in [0.2, 0.25) is 0 Å². The summed E-state index contributed by atoms with van der Waals surface area (Å²) in [6.07, 6.45) is -0.103. The van der Waals surface area contributed by atoms with Gasteiger partial charge < -0.3 is 10.4 Å². The van der Waals surface area contributed by atoms with E-state index >= 15 is 0 Å². The van der Waals surface area contributed by atoms with E-state index in [-0.39, 0.29) is 5.78 Å². The summed E-state index contributed by atoms with van der Waals surface area (Å²) in [5, 5.41) is 13.1. The third kappa shape index (κ3) is 4.30. The Morgan fingerprint density at radius 1 is 1.00 bits per heavy atom. The molecule has 0 aliphatic heterocycles. The van der Waals surface area contributed by atoms with Gasteiger partial charge in [-0.25, -0.2) is 0 Å². The van der Waals surface area contributed by atoms with Crippen molar-refractivity contribution in [3.63, 3.8) is 0 Å². The molecule has 0 spiro atoms. The fourth-order valence-electron chi connectivity index (χ4n) is 2.00. The van der Waals surface area contributed by atoms with Crippen LogP contribution in [0.15, 0.2) is 60.7 Å². The molecule has 0 fully saturated rings. The smallest absolute Gasteiger partial charge is 0.164 e. The van der Waals surface area contributed by atoms with Crippen LogP contribution in [0.4, 0.5) is 0 Å². The molecule has 3 nitrogen and oxygen atoms in total. The summed E-state index contributed by atoms with van der Waals surface area (Å²) >= 11 is 0. The Hall–Kier alpha value is -1.97. The van der Waals surface area contributed by atoms with Crippen LogP contribution in [0.3, 0.4) is 0 Å². The van der Waals surface area contributed by atoms with Crippen LogP contribution in [0.2, 0.25) is 0 Å². The Kier molecular flexibility index (Phi) is 5.47. The highest BCUT2D eigenvalue weighted by Crippen LogP contribution is 2.10. The van der Waals surface area contributed by atoms with Gasteiger partial charge in [0.1, 0.15) is 0 Å². The predicted octanol–water partition coefficient (Wildman–Crippen LogP) is 2.58. The number of carbonyl (C=O) groups is 1. The second-order valence-electron chi connectivity index (χ2n) is 4.67. The Morgan fingerprint density at radius 3 is 2.25 bits per heavy atom. The predicted molar refractivity (Wildman–Crippen MR) is 79.7 cm³/mol. The molecule has 1 atom stereocenters. The van der Waals surface area contributed by atoms with Crippen molar-refractivity contribution in [3.05, 3.63) is 71.8 Å². The van der Waals surface area contributed by atoms with Crippen molar-refractivity contribution in [1.82, 2.24) is 5.32 Å². The molecule has 0 amide bonds. The lowest BCUT2D eigenvalue weighted by molar-refractivity contribution is 0.0979. The van der Waals surface area contributed by atoms with Gasteiger partial charge >= 0.3 is 0 Å². The van der Waals surface area contributed by atoms with Gasteiger partial charge in [0.15, 0.2) is 5.78 Å². The van der Waals surface area contributed by atoms with Crippen LogP contribution in [0.25, 0.3) is 0 Å². The molecule has 0 aliphatic rings. The topological polar surface area (TPSA) is 49.3 Å². The fourth-order valence-corrected chi connectivity index (χ4v) is 2.00. The minimum atomic E-state index is -0.539. The van der Waals surface area contributed by atoms with Gasteiger partial charge in [0.25, 0.3) is 0 Å². The molecular formula is C17H19NO2. The highest BCUT2D eigenvalue weighted by molar-refractivity contribution is 5.96. The van der Waals surface area contributed by atoms with Crippen LogP contribution in [0, 0.1) is 0 Å². The van der Waals surface area contributed by atoms with Crippen LogP contribution in [0.1, 0.15) is 28.4 Å². The Balaban J connectivity index is 1.71. The highest BCUT2D eigenvalue weighted by atomic mass is 16.3. The number of hydrogen-bond donors (Lipinski definition) is 2. The van der Waals surface area contributed by atoms with Crippen molar-refractivity contribution < 1.29 is 9.90 Å². The SMILES string of the molecule is O=C(CCNCC(O)c1ccccc1)c1ccccc1.